The van der Waals surface area contributed by atoms with E-state index in [1.54, 1.807) is 25.7 Å². The molecule has 53 heavy (non-hydrogen) atoms. The standard InChI is InChI=1S/C36H51ClN6O9S/c1-35(2,3)52-33(47)38-28-12-8-6-4-5-7-11-25-19-36(25,32(46)40-53(49,50)42-15-9-10-16-42)39-30(44)29-18-27(22-43(29)31(28)45)51-34(48)41-20-23-13-14-26(37)17-24(23)21-41/h7,11,13-14,25-29H,4-6,8-10,12,15-22H2,1-3H3,(H,38,47)(H,39,44)(H,40,46)/b11-7+/t25-,26?,27-,28+,29+,36-/m1/s1. The Hall–Kier alpha value is -3.63. The summed E-state index contributed by atoms with van der Waals surface area (Å²) in [4.78, 5) is 71.7. The first-order valence-electron chi connectivity index (χ1n) is 18.6. The lowest BCUT2D eigenvalue weighted by molar-refractivity contribution is -0.141. The first kappa shape index (κ1) is 39.1. The van der Waals surface area contributed by atoms with Gasteiger partial charge in [0.05, 0.1) is 11.9 Å². The van der Waals surface area contributed by atoms with Gasteiger partial charge in [-0.15, -0.1) is 11.6 Å². The van der Waals surface area contributed by atoms with Crippen LogP contribution in [0, 0.1) is 5.92 Å². The van der Waals surface area contributed by atoms with Crippen molar-refractivity contribution < 1.29 is 41.9 Å². The maximum absolute atomic E-state index is 14.4. The first-order valence-corrected chi connectivity index (χ1v) is 20.5. The van der Waals surface area contributed by atoms with Crippen LogP contribution in [0.4, 0.5) is 9.59 Å². The Kier molecular flexibility index (Phi) is 11.5. The normalized spacial score (nSPS) is 31.7. The second-order valence-electron chi connectivity index (χ2n) is 15.9. The van der Waals surface area contributed by atoms with Crippen LogP contribution in [0.15, 0.2) is 35.5 Å². The minimum absolute atomic E-state index is 0.0720. The fourth-order valence-electron chi connectivity index (χ4n) is 7.76. The lowest BCUT2D eigenvalue weighted by Gasteiger charge is -2.30. The van der Waals surface area contributed by atoms with Crippen LogP contribution >= 0.6 is 11.6 Å². The van der Waals surface area contributed by atoms with Crippen LogP contribution in [0.1, 0.15) is 85.0 Å². The number of carbonyl (C=O) groups is 5. The van der Waals surface area contributed by atoms with Crippen molar-refractivity contribution in [3.8, 4) is 0 Å². The highest BCUT2D eigenvalue weighted by molar-refractivity contribution is 7.87. The van der Waals surface area contributed by atoms with E-state index in [0.29, 0.717) is 58.3 Å². The van der Waals surface area contributed by atoms with Gasteiger partial charge in [0.25, 0.3) is 5.91 Å². The number of alkyl halides is 1. The molecule has 292 valence electrons. The van der Waals surface area contributed by atoms with E-state index < -0.39 is 75.4 Å². The van der Waals surface area contributed by atoms with Crippen molar-refractivity contribution in [1.29, 1.82) is 0 Å². The molecule has 15 nitrogen and oxygen atoms in total. The molecule has 3 fully saturated rings. The van der Waals surface area contributed by atoms with Crippen molar-refractivity contribution in [1.82, 2.24) is 29.5 Å². The predicted molar refractivity (Wildman–Crippen MR) is 195 cm³/mol. The molecule has 0 spiro atoms. The Balaban J connectivity index is 1.24. The van der Waals surface area contributed by atoms with Crippen LogP contribution in [0.5, 0.6) is 0 Å². The SMILES string of the molecule is CC(C)(C)OC(=O)N[C@H]1CCCCC/C=C/[C@@H]2C[C@@]2(C(=O)NS(=O)(=O)N2CCCC2)NC(=O)[C@@H]2C[C@@H](OC(=O)N3CC4=C(CC(Cl)C=C4)C3)CN2C1=O. The maximum atomic E-state index is 14.4. The number of ether oxygens (including phenoxy) is 2. The third-order valence-corrected chi connectivity index (χ3v) is 12.4. The topological polar surface area (TPSA) is 184 Å². The van der Waals surface area contributed by atoms with E-state index in [9.17, 15) is 32.4 Å². The molecule has 6 rings (SSSR count). The number of nitrogens with one attached hydrogen (secondary N) is 3. The summed E-state index contributed by atoms with van der Waals surface area (Å²) in [7, 11) is -4.14. The van der Waals surface area contributed by atoms with Gasteiger partial charge >= 0.3 is 22.4 Å². The average molecular weight is 779 g/mol. The van der Waals surface area contributed by atoms with Crippen molar-refractivity contribution in [3.05, 3.63) is 35.5 Å². The van der Waals surface area contributed by atoms with Gasteiger partial charge in [-0.1, -0.05) is 37.1 Å². The van der Waals surface area contributed by atoms with Crippen molar-refractivity contribution in [3.63, 3.8) is 0 Å². The molecule has 2 saturated heterocycles. The molecule has 4 heterocycles. The van der Waals surface area contributed by atoms with E-state index in [0.717, 1.165) is 24.0 Å². The summed E-state index contributed by atoms with van der Waals surface area (Å²) in [6.45, 7) is 6.29. The smallest absolute Gasteiger partial charge is 0.410 e. The minimum Gasteiger partial charge on any atom is -0.444 e. The minimum atomic E-state index is -4.14. The fourth-order valence-corrected chi connectivity index (χ4v) is 9.30. The summed E-state index contributed by atoms with van der Waals surface area (Å²) < 4.78 is 41.0. The molecule has 6 aliphatic rings. The van der Waals surface area contributed by atoms with E-state index in [2.05, 4.69) is 15.4 Å². The van der Waals surface area contributed by atoms with Crippen molar-refractivity contribution in [2.75, 3.05) is 32.7 Å². The van der Waals surface area contributed by atoms with E-state index in [1.165, 1.54) is 9.21 Å². The van der Waals surface area contributed by atoms with Gasteiger partial charge in [-0.2, -0.15) is 12.7 Å². The monoisotopic (exact) mass is 778 g/mol. The molecule has 0 aromatic rings. The Labute approximate surface area is 316 Å². The lowest BCUT2D eigenvalue weighted by atomic mass is 10.0. The summed E-state index contributed by atoms with van der Waals surface area (Å²) in [5, 5.41) is 5.38. The molecular weight excluding hydrogens is 728 g/mol. The van der Waals surface area contributed by atoms with Crippen LogP contribution in [0.3, 0.4) is 0 Å². The Morgan fingerprint density at radius 3 is 2.53 bits per heavy atom. The zero-order chi connectivity index (χ0) is 38.1. The van der Waals surface area contributed by atoms with Gasteiger partial charge in [0, 0.05) is 38.5 Å². The van der Waals surface area contributed by atoms with Gasteiger partial charge in [0.1, 0.15) is 29.3 Å². The highest BCUT2D eigenvalue weighted by Gasteiger charge is 2.62. The third kappa shape index (κ3) is 9.19. The second kappa shape index (κ2) is 15.6. The molecule has 4 aliphatic heterocycles. The largest absolute Gasteiger partial charge is 0.444 e. The van der Waals surface area contributed by atoms with Gasteiger partial charge in [0.15, 0.2) is 0 Å². The molecule has 5 amide bonds. The highest BCUT2D eigenvalue weighted by atomic mass is 35.5. The van der Waals surface area contributed by atoms with Crippen molar-refractivity contribution in [2.24, 2.45) is 5.92 Å². The molecule has 0 aromatic heterocycles. The van der Waals surface area contributed by atoms with Gasteiger partial charge < -0.3 is 25.0 Å². The molecule has 0 radical (unpaired) electrons. The number of amides is 5. The number of hydrogen-bond acceptors (Lipinski definition) is 9. The quantitative estimate of drug-likeness (QED) is 0.279. The number of nitrogens with zero attached hydrogens (tertiary/aromatic N) is 3. The molecule has 0 bridgehead atoms. The molecule has 1 saturated carbocycles. The third-order valence-electron chi connectivity index (χ3n) is 10.6. The number of carbonyl (C=O) groups excluding carboxylic acids is 5. The summed E-state index contributed by atoms with van der Waals surface area (Å²) in [5.41, 5.74) is -0.326. The van der Waals surface area contributed by atoms with Crippen molar-refractivity contribution in [2.45, 2.75) is 120 Å². The van der Waals surface area contributed by atoms with Gasteiger partial charge in [0.2, 0.25) is 11.8 Å². The van der Waals surface area contributed by atoms with E-state index >= 15 is 0 Å². The van der Waals surface area contributed by atoms with E-state index in [1.807, 2.05) is 24.3 Å². The van der Waals surface area contributed by atoms with Crippen LogP contribution in [0.25, 0.3) is 0 Å². The zero-order valence-electron chi connectivity index (χ0n) is 30.6. The number of fused-ring (bicyclic) bond motifs is 2. The van der Waals surface area contributed by atoms with Crippen LogP contribution in [0.2, 0.25) is 0 Å². The average Bonchev–Trinajstić information content (AvgIpc) is 3.53. The molecule has 1 unspecified atom stereocenters. The zero-order valence-corrected chi connectivity index (χ0v) is 32.2. The highest BCUT2D eigenvalue weighted by Crippen LogP contribution is 2.46. The maximum Gasteiger partial charge on any atom is 0.410 e. The van der Waals surface area contributed by atoms with Gasteiger partial charge in [-0.05, 0) is 76.9 Å². The molecule has 3 N–H and O–H groups in total. The number of rotatable bonds is 5. The molecule has 2 aliphatic carbocycles. The van der Waals surface area contributed by atoms with Crippen LogP contribution in [-0.4, -0.2) is 120 Å². The number of alkyl carbamates (subject to hydrolysis) is 1. The Morgan fingerprint density at radius 1 is 1.04 bits per heavy atom. The molecule has 6 atom stereocenters. The number of allylic oxidation sites excluding steroid dienone is 2. The van der Waals surface area contributed by atoms with E-state index in [-0.39, 0.29) is 31.2 Å². The summed E-state index contributed by atoms with van der Waals surface area (Å²) in [5.74, 6) is -2.56. The van der Waals surface area contributed by atoms with Crippen LogP contribution in [-0.2, 0) is 34.1 Å². The summed E-state index contributed by atoms with van der Waals surface area (Å²) in [6.07, 6.45) is 10.4. The number of halogens is 1. The van der Waals surface area contributed by atoms with E-state index in [4.69, 9.17) is 21.1 Å². The summed E-state index contributed by atoms with van der Waals surface area (Å²) >= 11 is 6.29. The second-order valence-corrected chi connectivity index (χ2v) is 18.1. The predicted octanol–water partition coefficient (Wildman–Crippen LogP) is 3.02. The Bertz CT molecular complexity index is 1690. The lowest BCUT2D eigenvalue weighted by Crippen LogP contribution is -2.59. The van der Waals surface area contributed by atoms with Gasteiger partial charge in [-0.3, -0.25) is 19.3 Å². The fraction of sp³-hybridized carbons (Fsp3) is 0.694. The number of hydrogen-bond donors (Lipinski definition) is 3. The molecular formula is C36H51ClN6O9S. The van der Waals surface area contributed by atoms with Gasteiger partial charge in [-0.25, -0.2) is 14.3 Å². The first-order chi connectivity index (χ1) is 25.0. The van der Waals surface area contributed by atoms with Crippen LogP contribution < -0.4 is 15.4 Å². The van der Waals surface area contributed by atoms with Crippen molar-refractivity contribution >= 4 is 51.7 Å². The summed E-state index contributed by atoms with van der Waals surface area (Å²) in [6, 6.07) is -2.24. The molecule has 17 heteroatoms. The molecule has 0 aromatic carbocycles. The Morgan fingerprint density at radius 2 is 1.79 bits per heavy atom.